The smallest absolute Gasteiger partial charge is 0.354 e. The molecular formula is C12H8Cl2N2O3. The van der Waals surface area contributed by atoms with Crippen LogP contribution in [0.2, 0.25) is 10.2 Å². The van der Waals surface area contributed by atoms with Crippen molar-refractivity contribution in [1.29, 1.82) is 0 Å². The number of carbonyl (C=O) groups is 1. The Balaban J connectivity index is 2.16. The Morgan fingerprint density at radius 2 is 2.00 bits per heavy atom. The van der Waals surface area contributed by atoms with Crippen LogP contribution in [-0.4, -0.2) is 21.0 Å². The van der Waals surface area contributed by atoms with Gasteiger partial charge in [-0.3, -0.25) is 0 Å². The predicted octanol–water partition coefficient (Wildman–Crippen LogP) is 3.06. The zero-order valence-electron chi connectivity index (χ0n) is 9.51. The molecule has 1 aromatic heterocycles. The number of nitrogens with zero attached hydrogens (tertiary/aromatic N) is 2. The van der Waals surface area contributed by atoms with Gasteiger partial charge in [-0.2, -0.15) is 0 Å². The van der Waals surface area contributed by atoms with E-state index in [0.29, 0.717) is 10.8 Å². The maximum absolute atomic E-state index is 10.8. The third-order valence-corrected chi connectivity index (χ3v) is 2.66. The molecule has 5 nitrogen and oxygen atoms in total. The number of carboxylic acid groups (broad SMARTS) is 1. The number of rotatable bonds is 4. The van der Waals surface area contributed by atoms with Crippen LogP contribution in [0.15, 0.2) is 30.3 Å². The van der Waals surface area contributed by atoms with Gasteiger partial charge in [-0.15, -0.1) is 0 Å². The van der Waals surface area contributed by atoms with Gasteiger partial charge in [-0.25, -0.2) is 14.8 Å². The molecule has 0 saturated heterocycles. The van der Waals surface area contributed by atoms with Gasteiger partial charge in [0.15, 0.2) is 11.5 Å². The Morgan fingerprint density at radius 1 is 1.26 bits per heavy atom. The van der Waals surface area contributed by atoms with Crippen molar-refractivity contribution in [2.24, 2.45) is 0 Å². The number of carboxylic acids is 1. The Hall–Kier alpha value is -1.85. The van der Waals surface area contributed by atoms with Gasteiger partial charge in [0.2, 0.25) is 0 Å². The van der Waals surface area contributed by atoms with Gasteiger partial charge in [0.05, 0.1) is 5.02 Å². The highest BCUT2D eigenvalue weighted by Crippen LogP contribution is 2.23. The largest absolute Gasteiger partial charge is 0.484 e. The lowest BCUT2D eigenvalue weighted by molar-refractivity contribution is 0.0689. The third-order valence-electron chi connectivity index (χ3n) is 2.15. The van der Waals surface area contributed by atoms with E-state index in [2.05, 4.69) is 9.97 Å². The average molecular weight is 299 g/mol. The van der Waals surface area contributed by atoms with E-state index in [1.54, 1.807) is 24.3 Å². The number of hydrogen-bond donors (Lipinski definition) is 1. The summed E-state index contributed by atoms with van der Waals surface area (Å²) in [5.74, 6) is -0.544. The van der Waals surface area contributed by atoms with Crippen LogP contribution in [0, 0.1) is 0 Å². The predicted molar refractivity (Wildman–Crippen MR) is 69.8 cm³/mol. The van der Waals surface area contributed by atoms with Gasteiger partial charge in [-0.05, 0) is 12.1 Å². The SMILES string of the molecule is O=C(O)c1cc(Cl)nc(COc2ccccc2Cl)n1. The number of hydrogen-bond acceptors (Lipinski definition) is 4. The molecule has 0 amide bonds. The van der Waals surface area contributed by atoms with Gasteiger partial charge < -0.3 is 9.84 Å². The van der Waals surface area contributed by atoms with Gasteiger partial charge in [0.25, 0.3) is 0 Å². The molecular weight excluding hydrogens is 291 g/mol. The fourth-order valence-corrected chi connectivity index (χ4v) is 1.73. The number of ether oxygens (including phenoxy) is 1. The van der Waals surface area contributed by atoms with Crippen LogP contribution in [-0.2, 0) is 6.61 Å². The normalized spacial score (nSPS) is 10.2. The van der Waals surface area contributed by atoms with Crippen LogP contribution in [0.4, 0.5) is 0 Å². The number of benzene rings is 1. The van der Waals surface area contributed by atoms with Crippen molar-refractivity contribution in [1.82, 2.24) is 9.97 Å². The Bertz CT molecular complexity index is 620. The maximum Gasteiger partial charge on any atom is 0.354 e. The summed E-state index contributed by atoms with van der Waals surface area (Å²) in [6.45, 7) is -0.0232. The van der Waals surface area contributed by atoms with Crippen molar-refractivity contribution in [2.75, 3.05) is 0 Å². The molecule has 1 heterocycles. The Kier molecular flexibility index (Phi) is 4.19. The summed E-state index contributed by atoms with van der Waals surface area (Å²) in [4.78, 5) is 18.5. The second-order valence-corrected chi connectivity index (χ2v) is 4.31. The summed E-state index contributed by atoms with van der Waals surface area (Å²) < 4.78 is 5.40. The lowest BCUT2D eigenvalue weighted by Gasteiger charge is -2.07. The summed E-state index contributed by atoms with van der Waals surface area (Å²) in [5.41, 5.74) is -0.183. The second kappa shape index (κ2) is 5.86. The van der Waals surface area contributed by atoms with E-state index in [4.69, 9.17) is 33.0 Å². The van der Waals surface area contributed by atoms with Crippen LogP contribution in [0.1, 0.15) is 16.3 Å². The molecule has 0 atom stereocenters. The quantitative estimate of drug-likeness (QED) is 0.878. The standard InChI is InChI=1S/C12H8Cl2N2O3/c13-7-3-1-2-4-9(7)19-6-11-15-8(12(17)18)5-10(14)16-11/h1-5H,6H2,(H,17,18). The van der Waals surface area contributed by atoms with Crippen molar-refractivity contribution in [2.45, 2.75) is 6.61 Å². The summed E-state index contributed by atoms with van der Waals surface area (Å²) in [6, 6.07) is 8.07. The molecule has 1 aromatic carbocycles. The highest BCUT2D eigenvalue weighted by Gasteiger charge is 2.10. The van der Waals surface area contributed by atoms with E-state index in [9.17, 15) is 4.79 Å². The molecule has 19 heavy (non-hydrogen) atoms. The first-order chi connectivity index (χ1) is 9.06. The third kappa shape index (κ3) is 3.56. The minimum atomic E-state index is -1.18. The van der Waals surface area contributed by atoms with Gasteiger partial charge in [-0.1, -0.05) is 35.3 Å². The van der Waals surface area contributed by atoms with Gasteiger partial charge in [0, 0.05) is 6.07 Å². The van der Waals surface area contributed by atoms with E-state index >= 15 is 0 Å². The van der Waals surface area contributed by atoms with Crippen LogP contribution in [0.3, 0.4) is 0 Å². The van der Waals surface area contributed by atoms with E-state index < -0.39 is 5.97 Å². The summed E-state index contributed by atoms with van der Waals surface area (Å²) >= 11 is 11.6. The lowest BCUT2D eigenvalue weighted by Crippen LogP contribution is -2.08. The second-order valence-electron chi connectivity index (χ2n) is 3.52. The van der Waals surface area contributed by atoms with Crippen LogP contribution < -0.4 is 4.74 Å². The molecule has 1 N–H and O–H groups in total. The van der Waals surface area contributed by atoms with E-state index in [-0.39, 0.29) is 23.3 Å². The zero-order chi connectivity index (χ0) is 13.8. The highest BCUT2D eigenvalue weighted by atomic mass is 35.5. The molecule has 0 spiro atoms. The lowest BCUT2D eigenvalue weighted by atomic mass is 10.3. The molecule has 7 heteroatoms. The van der Waals surface area contributed by atoms with Crippen molar-refractivity contribution in [3.8, 4) is 5.75 Å². The van der Waals surface area contributed by atoms with E-state index in [1.807, 2.05) is 0 Å². The molecule has 2 rings (SSSR count). The summed E-state index contributed by atoms with van der Waals surface area (Å²) in [7, 11) is 0. The Labute approximate surface area is 118 Å². The van der Waals surface area contributed by atoms with Crippen molar-refractivity contribution >= 4 is 29.2 Å². The summed E-state index contributed by atoms with van der Waals surface area (Å²) in [5, 5.41) is 9.35. The molecule has 98 valence electrons. The number of aromatic carboxylic acids is 1. The molecule has 0 bridgehead atoms. The maximum atomic E-state index is 10.8. The molecule has 0 aliphatic rings. The highest BCUT2D eigenvalue weighted by molar-refractivity contribution is 6.32. The van der Waals surface area contributed by atoms with E-state index in [0.717, 1.165) is 0 Å². The minimum Gasteiger partial charge on any atom is -0.484 e. The summed E-state index contributed by atoms with van der Waals surface area (Å²) in [6.07, 6.45) is 0. The molecule has 0 radical (unpaired) electrons. The zero-order valence-corrected chi connectivity index (χ0v) is 11.0. The van der Waals surface area contributed by atoms with E-state index in [1.165, 1.54) is 6.07 Å². The molecule has 0 aliphatic carbocycles. The van der Waals surface area contributed by atoms with Crippen LogP contribution in [0.5, 0.6) is 5.75 Å². The first-order valence-corrected chi connectivity index (χ1v) is 5.96. The monoisotopic (exact) mass is 298 g/mol. The first kappa shape index (κ1) is 13.6. The fourth-order valence-electron chi connectivity index (χ4n) is 1.34. The molecule has 0 unspecified atom stereocenters. The minimum absolute atomic E-state index is 0.0232. The number of aromatic nitrogens is 2. The van der Waals surface area contributed by atoms with Crippen molar-refractivity contribution < 1.29 is 14.6 Å². The first-order valence-electron chi connectivity index (χ1n) is 5.20. The topological polar surface area (TPSA) is 72.3 Å². The number of para-hydroxylation sites is 1. The van der Waals surface area contributed by atoms with Gasteiger partial charge in [0.1, 0.15) is 17.5 Å². The molecule has 0 aliphatic heterocycles. The number of halogens is 2. The molecule has 0 fully saturated rings. The van der Waals surface area contributed by atoms with Crippen molar-refractivity contribution in [3.05, 3.63) is 52.0 Å². The van der Waals surface area contributed by atoms with Gasteiger partial charge >= 0.3 is 5.97 Å². The van der Waals surface area contributed by atoms with Crippen LogP contribution >= 0.6 is 23.2 Å². The van der Waals surface area contributed by atoms with Crippen molar-refractivity contribution in [3.63, 3.8) is 0 Å². The van der Waals surface area contributed by atoms with Crippen LogP contribution in [0.25, 0.3) is 0 Å². The average Bonchev–Trinajstić information content (AvgIpc) is 2.37. The molecule has 2 aromatic rings. The molecule has 0 saturated carbocycles. The Morgan fingerprint density at radius 3 is 2.68 bits per heavy atom. The fraction of sp³-hybridized carbons (Fsp3) is 0.0833.